The molecule has 25 heavy (non-hydrogen) atoms. The Balaban J connectivity index is 1.54. The fraction of sp³-hybridized carbons (Fsp3) is 0.211. The van der Waals surface area contributed by atoms with E-state index in [9.17, 15) is 9.59 Å². The van der Waals surface area contributed by atoms with Crippen LogP contribution in [0.25, 0.3) is 10.2 Å². The zero-order chi connectivity index (χ0) is 17.8. The third-order valence-electron chi connectivity index (χ3n) is 3.60. The molecule has 0 aliphatic heterocycles. The molecule has 4 nitrogen and oxygen atoms in total. The number of Topliss-reactive ketones (excluding diaryl/α,β-unsaturated/α-hetero) is 1. The lowest BCUT2D eigenvalue weighted by molar-refractivity contribution is -0.143. The molecule has 1 atom stereocenters. The zero-order valence-corrected chi connectivity index (χ0v) is 15.5. The maximum atomic E-state index is 12.3. The molecule has 0 spiro atoms. The van der Waals surface area contributed by atoms with E-state index >= 15 is 0 Å². The van der Waals surface area contributed by atoms with Crippen molar-refractivity contribution in [3.05, 3.63) is 59.7 Å². The van der Waals surface area contributed by atoms with E-state index in [1.807, 2.05) is 43.3 Å². The van der Waals surface area contributed by atoms with Crippen LogP contribution in [0.4, 0.5) is 0 Å². The minimum Gasteiger partial charge on any atom is -0.454 e. The number of thioether (sulfide) groups is 1. The number of hydrogen-bond acceptors (Lipinski definition) is 6. The molecular weight excluding hydrogens is 354 g/mol. The molecule has 0 amide bonds. The summed E-state index contributed by atoms with van der Waals surface area (Å²) in [6.45, 7) is 3.55. The van der Waals surface area contributed by atoms with Gasteiger partial charge in [-0.2, -0.15) is 0 Å². The summed E-state index contributed by atoms with van der Waals surface area (Å²) in [5.41, 5.74) is 2.55. The molecule has 6 heteroatoms. The summed E-state index contributed by atoms with van der Waals surface area (Å²) in [5.74, 6) is -0.485. The number of fused-ring (bicyclic) bond motifs is 1. The van der Waals surface area contributed by atoms with Gasteiger partial charge in [-0.3, -0.25) is 9.59 Å². The Bertz CT molecular complexity index is 869. The molecule has 128 valence electrons. The molecule has 0 N–H and O–H groups in total. The van der Waals surface area contributed by atoms with Gasteiger partial charge in [0.1, 0.15) is 0 Å². The maximum absolute atomic E-state index is 12.3. The number of ether oxygens (including phenoxy) is 1. The number of rotatable bonds is 6. The van der Waals surface area contributed by atoms with E-state index in [1.165, 1.54) is 23.1 Å². The van der Waals surface area contributed by atoms with E-state index in [0.29, 0.717) is 5.56 Å². The van der Waals surface area contributed by atoms with Gasteiger partial charge in [0.15, 0.2) is 10.4 Å². The zero-order valence-electron chi connectivity index (χ0n) is 13.9. The SMILES string of the molecule is Cc1ccc(C(=O)C(C)OC(=O)CSc2nc3ccccc3s2)cc1. The summed E-state index contributed by atoms with van der Waals surface area (Å²) in [5, 5.41) is 0. The van der Waals surface area contributed by atoms with Crippen molar-refractivity contribution in [2.75, 3.05) is 5.75 Å². The third kappa shape index (κ3) is 4.46. The number of thiazole rings is 1. The van der Waals surface area contributed by atoms with Crippen molar-refractivity contribution < 1.29 is 14.3 Å². The van der Waals surface area contributed by atoms with Gasteiger partial charge >= 0.3 is 5.97 Å². The predicted octanol–water partition coefficient (Wildman–Crippen LogP) is 4.51. The minimum atomic E-state index is -0.800. The van der Waals surface area contributed by atoms with Crippen LogP contribution >= 0.6 is 23.1 Å². The fourth-order valence-electron chi connectivity index (χ4n) is 2.27. The number of ketones is 1. The van der Waals surface area contributed by atoms with Gasteiger partial charge in [0, 0.05) is 5.56 Å². The first kappa shape index (κ1) is 17.6. The highest BCUT2D eigenvalue weighted by molar-refractivity contribution is 8.01. The Hall–Kier alpha value is -2.18. The first-order chi connectivity index (χ1) is 12.0. The van der Waals surface area contributed by atoms with Crippen LogP contribution < -0.4 is 0 Å². The quantitative estimate of drug-likeness (QED) is 0.362. The van der Waals surface area contributed by atoms with Crippen molar-refractivity contribution in [2.24, 2.45) is 0 Å². The average Bonchev–Trinajstić information content (AvgIpc) is 3.03. The minimum absolute atomic E-state index is 0.130. The maximum Gasteiger partial charge on any atom is 0.317 e. The second-order valence-electron chi connectivity index (χ2n) is 5.60. The monoisotopic (exact) mass is 371 g/mol. The van der Waals surface area contributed by atoms with E-state index in [-0.39, 0.29) is 11.5 Å². The van der Waals surface area contributed by atoms with Crippen LogP contribution in [0.5, 0.6) is 0 Å². The van der Waals surface area contributed by atoms with Crippen LogP contribution in [0.15, 0.2) is 52.9 Å². The van der Waals surface area contributed by atoms with Crippen molar-refractivity contribution in [2.45, 2.75) is 24.3 Å². The highest BCUT2D eigenvalue weighted by atomic mass is 32.2. The number of carbonyl (C=O) groups is 2. The molecule has 0 radical (unpaired) electrons. The van der Waals surface area contributed by atoms with Gasteiger partial charge in [0.2, 0.25) is 5.78 Å². The molecule has 3 rings (SSSR count). The van der Waals surface area contributed by atoms with Crippen LogP contribution in [0, 0.1) is 6.92 Å². The number of aromatic nitrogens is 1. The third-order valence-corrected chi connectivity index (χ3v) is 5.75. The summed E-state index contributed by atoms with van der Waals surface area (Å²) in [6.07, 6.45) is -0.800. The van der Waals surface area contributed by atoms with Gasteiger partial charge in [-0.05, 0) is 26.0 Å². The summed E-state index contributed by atoms with van der Waals surface area (Å²) < 4.78 is 7.16. The second kappa shape index (κ2) is 7.80. The van der Waals surface area contributed by atoms with E-state index < -0.39 is 12.1 Å². The van der Waals surface area contributed by atoms with Crippen molar-refractivity contribution >= 4 is 45.1 Å². The van der Waals surface area contributed by atoms with E-state index in [1.54, 1.807) is 19.1 Å². The standard InChI is InChI=1S/C19H17NO3S2/c1-12-7-9-14(10-8-12)18(22)13(2)23-17(21)11-24-19-20-15-5-3-4-6-16(15)25-19/h3-10,13H,11H2,1-2H3. The van der Waals surface area contributed by atoms with Gasteiger partial charge in [-0.1, -0.05) is 53.7 Å². The molecule has 0 aliphatic rings. The van der Waals surface area contributed by atoms with Crippen molar-refractivity contribution in [3.8, 4) is 0 Å². The van der Waals surface area contributed by atoms with E-state index in [4.69, 9.17) is 4.74 Å². The lowest BCUT2D eigenvalue weighted by Gasteiger charge is -2.12. The molecule has 0 fully saturated rings. The van der Waals surface area contributed by atoms with Gasteiger partial charge in [0.25, 0.3) is 0 Å². The number of nitrogens with zero attached hydrogens (tertiary/aromatic N) is 1. The van der Waals surface area contributed by atoms with Crippen LogP contribution in [-0.4, -0.2) is 28.6 Å². The number of esters is 1. The topological polar surface area (TPSA) is 56.3 Å². The molecule has 1 aromatic heterocycles. The molecule has 0 saturated heterocycles. The van der Waals surface area contributed by atoms with Gasteiger partial charge < -0.3 is 4.74 Å². The van der Waals surface area contributed by atoms with E-state index in [0.717, 1.165) is 20.1 Å². The number of benzene rings is 2. The first-order valence-corrected chi connectivity index (χ1v) is 9.62. The molecule has 3 aromatic rings. The van der Waals surface area contributed by atoms with Crippen molar-refractivity contribution in [1.29, 1.82) is 0 Å². The van der Waals surface area contributed by atoms with Crippen LogP contribution in [0.1, 0.15) is 22.8 Å². The number of carbonyl (C=O) groups excluding carboxylic acids is 2. The number of para-hydroxylation sites is 1. The summed E-state index contributed by atoms with van der Waals surface area (Å²) in [4.78, 5) is 28.8. The lowest BCUT2D eigenvalue weighted by atomic mass is 10.1. The Morgan fingerprint density at radius 3 is 2.60 bits per heavy atom. The predicted molar refractivity (Wildman–Crippen MR) is 101 cm³/mol. The van der Waals surface area contributed by atoms with Crippen LogP contribution in [0.2, 0.25) is 0 Å². The fourth-order valence-corrected chi connectivity index (χ4v) is 4.12. The second-order valence-corrected chi connectivity index (χ2v) is 7.85. The van der Waals surface area contributed by atoms with Crippen LogP contribution in [-0.2, 0) is 9.53 Å². The lowest BCUT2D eigenvalue weighted by Crippen LogP contribution is -2.25. The highest BCUT2D eigenvalue weighted by Gasteiger charge is 2.19. The number of aryl methyl sites for hydroxylation is 1. The molecular formula is C19H17NO3S2. The Morgan fingerprint density at radius 2 is 1.88 bits per heavy atom. The average molecular weight is 371 g/mol. The summed E-state index contributed by atoms with van der Waals surface area (Å²) >= 11 is 2.87. The smallest absolute Gasteiger partial charge is 0.317 e. The Kier molecular flexibility index (Phi) is 5.50. The summed E-state index contributed by atoms with van der Waals surface area (Å²) in [6, 6.07) is 15.1. The van der Waals surface area contributed by atoms with E-state index in [2.05, 4.69) is 4.98 Å². The Labute approximate surface area is 154 Å². The normalized spacial score (nSPS) is 12.1. The van der Waals surface area contributed by atoms with Crippen LogP contribution in [0.3, 0.4) is 0 Å². The molecule has 2 aromatic carbocycles. The first-order valence-electron chi connectivity index (χ1n) is 7.81. The van der Waals surface area contributed by atoms with Gasteiger partial charge in [-0.15, -0.1) is 11.3 Å². The molecule has 1 unspecified atom stereocenters. The molecule has 1 heterocycles. The molecule has 0 saturated carbocycles. The van der Waals surface area contributed by atoms with Crippen molar-refractivity contribution in [1.82, 2.24) is 4.98 Å². The highest BCUT2D eigenvalue weighted by Crippen LogP contribution is 2.29. The molecule has 0 aliphatic carbocycles. The number of hydrogen-bond donors (Lipinski definition) is 0. The molecule has 0 bridgehead atoms. The largest absolute Gasteiger partial charge is 0.454 e. The van der Waals surface area contributed by atoms with Gasteiger partial charge in [0.05, 0.1) is 16.0 Å². The summed E-state index contributed by atoms with van der Waals surface area (Å²) in [7, 11) is 0. The van der Waals surface area contributed by atoms with Crippen molar-refractivity contribution in [3.63, 3.8) is 0 Å². The van der Waals surface area contributed by atoms with Gasteiger partial charge in [-0.25, -0.2) is 4.98 Å². The Morgan fingerprint density at radius 1 is 1.16 bits per heavy atom.